The first-order valence-corrected chi connectivity index (χ1v) is 6.75. The number of anilines is 3. The lowest BCUT2D eigenvalue weighted by Gasteiger charge is -2.17. The van der Waals surface area contributed by atoms with Gasteiger partial charge in [-0.25, -0.2) is 0 Å². The second-order valence-corrected chi connectivity index (χ2v) is 5.11. The van der Waals surface area contributed by atoms with Crippen LogP contribution in [0.15, 0.2) is 30.3 Å². The first-order chi connectivity index (χ1) is 9.02. The van der Waals surface area contributed by atoms with E-state index in [-0.39, 0.29) is 0 Å². The molecule has 0 bridgehead atoms. The van der Waals surface area contributed by atoms with Crippen molar-refractivity contribution in [3.8, 4) is 0 Å². The average Bonchev–Trinajstić information content (AvgIpc) is 2.38. The number of hydrogen-bond acceptors (Lipinski definition) is 2. The van der Waals surface area contributed by atoms with E-state index >= 15 is 0 Å². The van der Waals surface area contributed by atoms with Gasteiger partial charge < -0.3 is 11.1 Å². The summed E-state index contributed by atoms with van der Waals surface area (Å²) in [6.45, 7) is 8.49. The number of para-hydroxylation sites is 1. The fourth-order valence-corrected chi connectivity index (χ4v) is 2.28. The summed E-state index contributed by atoms with van der Waals surface area (Å²) in [5.74, 6) is 0. The molecule has 0 amide bonds. The van der Waals surface area contributed by atoms with Gasteiger partial charge in [0.05, 0.1) is 11.4 Å². The lowest BCUT2D eigenvalue weighted by molar-refractivity contribution is 1.13. The molecule has 2 aromatic carbocycles. The molecule has 100 valence electrons. The van der Waals surface area contributed by atoms with Gasteiger partial charge in [-0.05, 0) is 61.6 Å². The third-order valence-corrected chi connectivity index (χ3v) is 3.67. The maximum atomic E-state index is 6.12. The maximum Gasteiger partial charge on any atom is 0.0620 e. The molecule has 0 heterocycles. The second kappa shape index (κ2) is 5.35. The molecular weight excluding hydrogens is 232 g/mol. The van der Waals surface area contributed by atoms with Crippen LogP contribution in [-0.4, -0.2) is 0 Å². The zero-order valence-electron chi connectivity index (χ0n) is 12.2. The molecule has 2 nitrogen and oxygen atoms in total. The van der Waals surface area contributed by atoms with Crippen LogP contribution in [0.3, 0.4) is 0 Å². The Balaban J connectivity index is 2.44. The van der Waals surface area contributed by atoms with Crippen LogP contribution in [0.4, 0.5) is 17.1 Å². The van der Waals surface area contributed by atoms with E-state index in [0.29, 0.717) is 0 Å². The summed E-state index contributed by atoms with van der Waals surface area (Å²) in [5, 5.41) is 3.50. The van der Waals surface area contributed by atoms with E-state index in [1.165, 1.54) is 27.9 Å². The largest absolute Gasteiger partial charge is 0.397 e. The molecule has 0 saturated carbocycles. The second-order valence-electron chi connectivity index (χ2n) is 5.11. The van der Waals surface area contributed by atoms with Gasteiger partial charge in [-0.2, -0.15) is 0 Å². The van der Waals surface area contributed by atoms with Gasteiger partial charge in [0, 0.05) is 5.69 Å². The average molecular weight is 254 g/mol. The predicted molar refractivity (Wildman–Crippen MR) is 84.2 cm³/mol. The normalized spacial score (nSPS) is 10.5. The Morgan fingerprint density at radius 3 is 2.37 bits per heavy atom. The van der Waals surface area contributed by atoms with Gasteiger partial charge in [-0.3, -0.25) is 0 Å². The summed E-state index contributed by atoms with van der Waals surface area (Å²) in [7, 11) is 0. The van der Waals surface area contributed by atoms with Crippen molar-refractivity contribution < 1.29 is 0 Å². The summed E-state index contributed by atoms with van der Waals surface area (Å²) >= 11 is 0. The van der Waals surface area contributed by atoms with Gasteiger partial charge >= 0.3 is 0 Å². The summed E-state index contributed by atoms with van der Waals surface area (Å²) in [6, 6.07) is 10.5. The maximum absolute atomic E-state index is 6.12. The zero-order valence-corrected chi connectivity index (χ0v) is 12.2. The first kappa shape index (κ1) is 13.5. The molecule has 3 N–H and O–H groups in total. The molecule has 0 aromatic heterocycles. The van der Waals surface area contributed by atoms with Crippen LogP contribution in [-0.2, 0) is 6.42 Å². The van der Waals surface area contributed by atoms with Gasteiger partial charge in [-0.15, -0.1) is 0 Å². The van der Waals surface area contributed by atoms with Crippen molar-refractivity contribution >= 4 is 17.1 Å². The zero-order chi connectivity index (χ0) is 14.0. The van der Waals surface area contributed by atoms with Gasteiger partial charge in [0.15, 0.2) is 0 Å². The lowest BCUT2D eigenvalue weighted by Crippen LogP contribution is -2.02. The lowest BCUT2D eigenvalue weighted by atomic mass is 10.0. The Hall–Kier alpha value is -1.96. The third-order valence-electron chi connectivity index (χ3n) is 3.67. The minimum Gasteiger partial charge on any atom is -0.397 e. The van der Waals surface area contributed by atoms with E-state index in [1.54, 1.807) is 0 Å². The van der Waals surface area contributed by atoms with Crippen LogP contribution < -0.4 is 11.1 Å². The van der Waals surface area contributed by atoms with Crippen molar-refractivity contribution in [2.45, 2.75) is 34.1 Å². The van der Waals surface area contributed by atoms with Crippen molar-refractivity contribution in [1.82, 2.24) is 0 Å². The SMILES string of the molecule is CCc1cccc(C)c1Nc1cc(C)c(C)cc1N. The predicted octanol–water partition coefficient (Wildman–Crippen LogP) is 4.50. The minimum absolute atomic E-state index is 0.799. The van der Waals surface area contributed by atoms with Crippen molar-refractivity contribution in [3.63, 3.8) is 0 Å². The molecule has 0 fully saturated rings. The molecule has 2 aromatic rings. The number of benzene rings is 2. The highest BCUT2D eigenvalue weighted by Crippen LogP contribution is 2.30. The number of hydrogen-bond donors (Lipinski definition) is 2. The van der Waals surface area contributed by atoms with Crippen molar-refractivity contribution in [2.75, 3.05) is 11.1 Å². The molecule has 0 radical (unpaired) electrons. The fourth-order valence-electron chi connectivity index (χ4n) is 2.28. The first-order valence-electron chi connectivity index (χ1n) is 6.75. The molecule has 0 aliphatic rings. The highest BCUT2D eigenvalue weighted by molar-refractivity contribution is 5.76. The summed E-state index contributed by atoms with van der Waals surface area (Å²) in [6.07, 6.45) is 1.01. The van der Waals surface area contributed by atoms with E-state index in [1.807, 2.05) is 6.07 Å². The van der Waals surface area contributed by atoms with Crippen molar-refractivity contribution in [2.24, 2.45) is 0 Å². The van der Waals surface area contributed by atoms with Gasteiger partial charge in [0.2, 0.25) is 0 Å². The summed E-state index contributed by atoms with van der Waals surface area (Å²) < 4.78 is 0. The molecule has 0 spiro atoms. The van der Waals surface area contributed by atoms with Crippen molar-refractivity contribution in [1.29, 1.82) is 0 Å². The van der Waals surface area contributed by atoms with Crippen LogP contribution in [0.25, 0.3) is 0 Å². The number of rotatable bonds is 3. The van der Waals surface area contributed by atoms with E-state index in [4.69, 9.17) is 5.73 Å². The standard InChI is InChI=1S/C17H22N2/c1-5-14-8-6-7-11(2)17(14)19-16-10-13(4)12(3)9-15(16)18/h6-10,19H,5,18H2,1-4H3. The third kappa shape index (κ3) is 2.73. The summed E-state index contributed by atoms with van der Waals surface area (Å²) in [5.41, 5.74) is 14.1. The van der Waals surface area contributed by atoms with Crippen molar-refractivity contribution in [3.05, 3.63) is 52.6 Å². The molecular formula is C17H22N2. The summed E-state index contributed by atoms with van der Waals surface area (Å²) in [4.78, 5) is 0. The van der Waals surface area contributed by atoms with Crippen LogP contribution >= 0.6 is 0 Å². The van der Waals surface area contributed by atoms with E-state index in [0.717, 1.165) is 17.8 Å². The number of aryl methyl sites for hydroxylation is 4. The van der Waals surface area contributed by atoms with Crippen LogP contribution in [0.2, 0.25) is 0 Å². The Labute approximate surface area is 115 Å². The van der Waals surface area contributed by atoms with E-state index in [2.05, 4.69) is 57.3 Å². The Kier molecular flexibility index (Phi) is 3.79. The topological polar surface area (TPSA) is 38.0 Å². The van der Waals surface area contributed by atoms with Gasteiger partial charge in [-0.1, -0.05) is 25.1 Å². The molecule has 2 rings (SSSR count). The quantitative estimate of drug-likeness (QED) is 0.791. The molecule has 2 heteroatoms. The van der Waals surface area contributed by atoms with Crippen LogP contribution in [0, 0.1) is 20.8 Å². The van der Waals surface area contributed by atoms with E-state index < -0.39 is 0 Å². The number of nitrogens with two attached hydrogens (primary N) is 1. The minimum atomic E-state index is 0.799. The monoisotopic (exact) mass is 254 g/mol. The molecule has 0 unspecified atom stereocenters. The highest BCUT2D eigenvalue weighted by Gasteiger charge is 2.07. The van der Waals surface area contributed by atoms with E-state index in [9.17, 15) is 0 Å². The molecule has 0 aliphatic carbocycles. The number of nitrogens with one attached hydrogen (secondary N) is 1. The Bertz CT molecular complexity index is 600. The molecule has 0 saturated heterocycles. The van der Waals surface area contributed by atoms with Gasteiger partial charge in [0.25, 0.3) is 0 Å². The molecule has 0 aliphatic heterocycles. The molecule has 0 atom stereocenters. The van der Waals surface area contributed by atoms with Gasteiger partial charge in [0.1, 0.15) is 0 Å². The molecule has 19 heavy (non-hydrogen) atoms. The van der Waals surface area contributed by atoms with Crippen LogP contribution in [0.1, 0.15) is 29.2 Å². The Morgan fingerprint density at radius 1 is 1.00 bits per heavy atom. The number of nitrogen functional groups attached to an aromatic ring is 1. The highest BCUT2D eigenvalue weighted by atomic mass is 14.9. The fraction of sp³-hybridized carbons (Fsp3) is 0.294. The Morgan fingerprint density at radius 2 is 1.68 bits per heavy atom. The van der Waals surface area contributed by atoms with Crippen LogP contribution in [0.5, 0.6) is 0 Å². The smallest absolute Gasteiger partial charge is 0.0620 e.